The van der Waals surface area contributed by atoms with Crippen molar-refractivity contribution < 1.29 is 14.6 Å². The van der Waals surface area contributed by atoms with Crippen LogP contribution in [0.4, 0.5) is 0 Å². The monoisotopic (exact) mass is 144 g/mol. The van der Waals surface area contributed by atoms with Gasteiger partial charge in [0.25, 0.3) is 0 Å². The third-order valence-electron chi connectivity index (χ3n) is 1.69. The molecule has 3 heteroatoms. The highest BCUT2D eigenvalue weighted by Crippen LogP contribution is 2.17. The van der Waals surface area contributed by atoms with Crippen LogP contribution in [-0.4, -0.2) is 23.3 Å². The Balaban J connectivity index is 2.39. The molecular formula is C7H12O3. The first kappa shape index (κ1) is 7.69. The summed E-state index contributed by atoms with van der Waals surface area (Å²) in [4.78, 5) is 10.7. The van der Waals surface area contributed by atoms with E-state index in [2.05, 4.69) is 0 Å². The van der Waals surface area contributed by atoms with Crippen LogP contribution in [0.3, 0.4) is 0 Å². The lowest BCUT2D eigenvalue weighted by molar-refractivity contribution is -0.173. The zero-order valence-corrected chi connectivity index (χ0v) is 6.04. The molecule has 2 atom stereocenters. The van der Waals surface area contributed by atoms with Crippen molar-refractivity contribution in [1.82, 2.24) is 0 Å². The van der Waals surface area contributed by atoms with Gasteiger partial charge in [-0.15, -0.1) is 0 Å². The average Bonchev–Trinajstić information content (AvgIpc) is 1.88. The number of ketones is 1. The van der Waals surface area contributed by atoms with E-state index in [4.69, 9.17) is 9.84 Å². The molecule has 0 aromatic rings. The first-order valence-electron chi connectivity index (χ1n) is 3.54. The molecule has 1 aliphatic rings. The molecule has 3 nitrogen and oxygen atoms in total. The van der Waals surface area contributed by atoms with Crippen LogP contribution in [0, 0.1) is 0 Å². The number of aliphatic hydroxyl groups is 1. The Morgan fingerprint density at radius 3 is 2.70 bits per heavy atom. The standard InChI is InChI=1S/C7H12O3/c1-5(8)6-3-2-4-7(9)10-6/h6-7,9H,2-4H2,1H3. The van der Waals surface area contributed by atoms with Gasteiger partial charge in [-0.25, -0.2) is 0 Å². The minimum Gasteiger partial charge on any atom is -0.368 e. The van der Waals surface area contributed by atoms with Gasteiger partial charge in [-0.1, -0.05) is 0 Å². The van der Waals surface area contributed by atoms with E-state index < -0.39 is 6.29 Å². The fraction of sp³-hybridized carbons (Fsp3) is 0.857. The fourth-order valence-corrected chi connectivity index (χ4v) is 1.10. The van der Waals surface area contributed by atoms with E-state index in [0.29, 0.717) is 6.42 Å². The molecule has 2 unspecified atom stereocenters. The molecule has 1 aliphatic heterocycles. The maximum atomic E-state index is 10.7. The number of Topliss-reactive ketones (excluding diaryl/α,β-unsaturated/α-hetero) is 1. The van der Waals surface area contributed by atoms with Crippen molar-refractivity contribution in [3.05, 3.63) is 0 Å². The van der Waals surface area contributed by atoms with Gasteiger partial charge in [-0.3, -0.25) is 4.79 Å². The van der Waals surface area contributed by atoms with Crippen LogP contribution in [0.5, 0.6) is 0 Å². The van der Waals surface area contributed by atoms with E-state index in [1.165, 1.54) is 6.92 Å². The Hall–Kier alpha value is -0.410. The van der Waals surface area contributed by atoms with Gasteiger partial charge >= 0.3 is 0 Å². The predicted molar refractivity (Wildman–Crippen MR) is 35.4 cm³/mol. The van der Waals surface area contributed by atoms with Gasteiger partial charge in [0.2, 0.25) is 0 Å². The summed E-state index contributed by atoms with van der Waals surface area (Å²) in [7, 11) is 0. The molecule has 0 spiro atoms. The van der Waals surface area contributed by atoms with Crippen molar-refractivity contribution in [3.8, 4) is 0 Å². The van der Waals surface area contributed by atoms with Gasteiger partial charge in [0.15, 0.2) is 12.1 Å². The SMILES string of the molecule is CC(=O)C1CCCC(O)O1. The molecule has 0 saturated carbocycles. The summed E-state index contributed by atoms with van der Waals surface area (Å²) >= 11 is 0. The maximum absolute atomic E-state index is 10.7. The van der Waals surface area contributed by atoms with Crippen LogP contribution in [0.15, 0.2) is 0 Å². The van der Waals surface area contributed by atoms with Crippen LogP contribution >= 0.6 is 0 Å². The molecule has 1 N–H and O–H groups in total. The van der Waals surface area contributed by atoms with Crippen LogP contribution < -0.4 is 0 Å². The highest BCUT2D eigenvalue weighted by molar-refractivity contribution is 5.80. The summed E-state index contributed by atoms with van der Waals surface area (Å²) in [5.74, 6) is 0.0127. The van der Waals surface area contributed by atoms with Crippen molar-refractivity contribution in [3.63, 3.8) is 0 Å². The first-order chi connectivity index (χ1) is 4.70. The van der Waals surface area contributed by atoms with Crippen molar-refractivity contribution in [1.29, 1.82) is 0 Å². The van der Waals surface area contributed by atoms with E-state index in [9.17, 15) is 4.79 Å². The number of rotatable bonds is 1. The van der Waals surface area contributed by atoms with Crippen molar-refractivity contribution in [2.45, 2.75) is 38.6 Å². The largest absolute Gasteiger partial charge is 0.368 e. The smallest absolute Gasteiger partial charge is 0.158 e. The summed E-state index contributed by atoms with van der Waals surface area (Å²) in [5, 5.41) is 8.95. The quantitative estimate of drug-likeness (QED) is 0.581. The summed E-state index contributed by atoms with van der Waals surface area (Å²) in [6.07, 6.45) is 1.22. The molecule has 58 valence electrons. The maximum Gasteiger partial charge on any atom is 0.158 e. The number of hydrogen-bond donors (Lipinski definition) is 1. The summed E-state index contributed by atoms with van der Waals surface area (Å²) in [6, 6.07) is 0. The second-order valence-electron chi connectivity index (χ2n) is 2.62. The molecule has 0 aromatic heterocycles. The van der Waals surface area contributed by atoms with E-state index >= 15 is 0 Å². The lowest BCUT2D eigenvalue weighted by Crippen LogP contribution is -2.32. The zero-order chi connectivity index (χ0) is 7.56. The number of carbonyl (C=O) groups is 1. The Labute approximate surface area is 60.0 Å². The molecule has 0 aliphatic carbocycles. The highest BCUT2D eigenvalue weighted by atomic mass is 16.6. The second kappa shape index (κ2) is 3.12. The Bertz CT molecular complexity index is 133. The van der Waals surface area contributed by atoms with Gasteiger partial charge in [-0.05, 0) is 26.2 Å². The molecule has 0 bridgehead atoms. The molecular weight excluding hydrogens is 132 g/mol. The first-order valence-corrected chi connectivity index (χ1v) is 3.54. The number of ether oxygens (including phenoxy) is 1. The van der Waals surface area contributed by atoms with Gasteiger partial charge in [0.05, 0.1) is 0 Å². The Morgan fingerprint density at radius 2 is 2.30 bits per heavy atom. The lowest BCUT2D eigenvalue weighted by Gasteiger charge is -2.24. The minimum absolute atomic E-state index is 0.0127. The molecule has 0 amide bonds. The third-order valence-corrected chi connectivity index (χ3v) is 1.69. The highest BCUT2D eigenvalue weighted by Gasteiger charge is 2.23. The van der Waals surface area contributed by atoms with Gasteiger partial charge in [-0.2, -0.15) is 0 Å². The molecule has 0 radical (unpaired) electrons. The van der Waals surface area contributed by atoms with Gasteiger partial charge in [0, 0.05) is 0 Å². The number of carbonyl (C=O) groups excluding carboxylic acids is 1. The zero-order valence-electron chi connectivity index (χ0n) is 6.04. The summed E-state index contributed by atoms with van der Waals surface area (Å²) in [6.45, 7) is 1.49. The Kier molecular flexibility index (Phi) is 2.40. The fourth-order valence-electron chi connectivity index (χ4n) is 1.10. The van der Waals surface area contributed by atoms with Crippen molar-refractivity contribution >= 4 is 5.78 Å². The van der Waals surface area contributed by atoms with E-state index in [-0.39, 0.29) is 11.9 Å². The van der Waals surface area contributed by atoms with Crippen molar-refractivity contribution in [2.75, 3.05) is 0 Å². The second-order valence-corrected chi connectivity index (χ2v) is 2.62. The minimum atomic E-state index is -0.720. The van der Waals surface area contributed by atoms with E-state index in [0.717, 1.165) is 12.8 Å². The average molecular weight is 144 g/mol. The van der Waals surface area contributed by atoms with Crippen LogP contribution in [-0.2, 0) is 9.53 Å². The molecule has 1 heterocycles. The van der Waals surface area contributed by atoms with Crippen molar-refractivity contribution in [2.24, 2.45) is 0 Å². The lowest BCUT2D eigenvalue weighted by atomic mass is 10.1. The molecule has 0 aromatic carbocycles. The predicted octanol–water partition coefficient (Wildman–Crippen LogP) is 0.463. The molecule has 1 rings (SSSR count). The van der Waals surface area contributed by atoms with Gasteiger partial charge < -0.3 is 9.84 Å². The molecule has 1 saturated heterocycles. The van der Waals surface area contributed by atoms with Gasteiger partial charge in [0.1, 0.15) is 6.10 Å². The van der Waals surface area contributed by atoms with E-state index in [1.807, 2.05) is 0 Å². The normalized spacial score (nSPS) is 33.8. The van der Waals surface area contributed by atoms with Crippen LogP contribution in [0.1, 0.15) is 26.2 Å². The summed E-state index contributed by atoms with van der Waals surface area (Å²) in [5.41, 5.74) is 0. The number of hydrogen-bond acceptors (Lipinski definition) is 3. The van der Waals surface area contributed by atoms with Crippen LogP contribution in [0.2, 0.25) is 0 Å². The molecule has 1 fully saturated rings. The Morgan fingerprint density at radius 1 is 1.60 bits per heavy atom. The van der Waals surface area contributed by atoms with Crippen LogP contribution in [0.25, 0.3) is 0 Å². The number of aliphatic hydroxyl groups excluding tert-OH is 1. The third kappa shape index (κ3) is 1.78. The van der Waals surface area contributed by atoms with E-state index in [1.54, 1.807) is 0 Å². The topological polar surface area (TPSA) is 46.5 Å². The molecule has 10 heavy (non-hydrogen) atoms. The summed E-state index contributed by atoms with van der Waals surface area (Å²) < 4.78 is 4.95.